The van der Waals surface area contributed by atoms with Gasteiger partial charge in [-0.05, 0) is 28.1 Å². The van der Waals surface area contributed by atoms with Gasteiger partial charge in [-0.2, -0.15) is 0 Å². The van der Waals surface area contributed by atoms with Crippen LogP contribution in [0.5, 0.6) is 0 Å². The van der Waals surface area contributed by atoms with Gasteiger partial charge < -0.3 is 4.74 Å². The summed E-state index contributed by atoms with van der Waals surface area (Å²) in [5.41, 5.74) is 0.738. The van der Waals surface area contributed by atoms with E-state index in [2.05, 4.69) is 25.9 Å². The second-order valence-electron chi connectivity index (χ2n) is 3.84. The molecule has 0 aliphatic carbocycles. The third-order valence-corrected chi connectivity index (χ3v) is 5.25. The fourth-order valence-electron chi connectivity index (χ4n) is 1.51. The second kappa shape index (κ2) is 7.61. The minimum Gasteiger partial charge on any atom is -0.378 e. The Balaban J connectivity index is 2.16. The summed E-state index contributed by atoms with van der Waals surface area (Å²) in [5.74, 6) is 1.24. The third kappa shape index (κ3) is 4.09. The summed E-state index contributed by atoms with van der Waals surface area (Å²) >= 11 is 17.1. The number of hydrogen-bond donors (Lipinski definition) is 0. The zero-order valence-corrected chi connectivity index (χ0v) is 14.5. The summed E-state index contributed by atoms with van der Waals surface area (Å²) < 4.78 is 5.77. The van der Waals surface area contributed by atoms with Crippen molar-refractivity contribution in [3.05, 3.63) is 50.4 Å². The molecule has 0 aliphatic rings. The lowest BCUT2D eigenvalue weighted by atomic mass is 10.4. The molecule has 7 heteroatoms. The molecule has 0 spiro atoms. The van der Waals surface area contributed by atoms with Crippen LogP contribution in [0, 0.1) is 0 Å². The summed E-state index contributed by atoms with van der Waals surface area (Å²) in [4.78, 5) is 9.68. The van der Waals surface area contributed by atoms with Gasteiger partial charge in [-0.3, -0.25) is 0 Å². The highest BCUT2D eigenvalue weighted by molar-refractivity contribution is 9.10. The molecule has 0 radical (unpaired) electrons. The number of thioether (sulfide) groups is 1. The van der Waals surface area contributed by atoms with E-state index in [0.717, 1.165) is 15.6 Å². The van der Waals surface area contributed by atoms with Crippen molar-refractivity contribution in [1.29, 1.82) is 0 Å². The van der Waals surface area contributed by atoms with E-state index < -0.39 is 0 Å². The van der Waals surface area contributed by atoms with Crippen LogP contribution in [0.25, 0.3) is 0 Å². The topological polar surface area (TPSA) is 35.0 Å². The molecule has 1 aromatic carbocycles. The molecule has 3 nitrogen and oxygen atoms in total. The molecule has 0 aliphatic heterocycles. The van der Waals surface area contributed by atoms with Crippen LogP contribution in [0.2, 0.25) is 10.2 Å². The monoisotopic (exact) mass is 392 g/mol. The van der Waals surface area contributed by atoms with Crippen LogP contribution >= 0.6 is 50.9 Å². The Kier molecular flexibility index (Phi) is 6.11. The largest absolute Gasteiger partial charge is 0.378 e. The molecule has 0 N–H and O–H groups in total. The van der Waals surface area contributed by atoms with Gasteiger partial charge in [-0.1, -0.05) is 35.3 Å². The molecular weight excluding hydrogens is 383 g/mol. The minimum absolute atomic E-state index is 0.382. The zero-order valence-electron chi connectivity index (χ0n) is 10.6. The van der Waals surface area contributed by atoms with Crippen molar-refractivity contribution in [3.63, 3.8) is 0 Å². The number of rotatable bonds is 5. The first-order valence-electron chi connectivity index (χ1n) is 5.69. The van der Waals surface area contributed by atoms with Crippen LogP contribution in [0.3, 0.4) is 0 Å². The lowest BCUT2D eigenvalue weighted by molar-refractivity contribution is 0.180. The molecule has 1 heterocycles. The van der Waals surface area contributed by atoms with Gasteiger partial charge in [0.15, 0.2) is 0 Å². The van der Waals surface area contributed by atoms with Gasteiger partial charge in [-0.15, -0.1) is 11.8 Å². The first-order valence-corrected chi connectivity index (χ1v) is 8.22. The summed E-state index contributed by atoms with van der Waals surface area (Å²) in [7, 11) is 1.61. The quantitative estimate of drug-likeness (QED) is 0.529. The van der Waals surface area contributed by atoms with Crippen LogP contribution in [-0.2, 0) is 17.1 Å². The lowest BCUT2D eigenvalue weighted by Crippen LogP contribution is -2.02. The maximum atomic E-state index is 6.11. The Morgan fingerprint density at radius 3 is 2.70 bits per heavy atom. The van der Waals surface area contributed by atoms with Gasteiger partial charge in [0, 0.05) is 12.0 Å². The fraction of sp³-hybridized carbons (Fsp3) is 0.231. The van der Waals surface area contributed by atoms with E-state index in [9.17, 15) is 0 Å². The minimum atomic E-state index is 0.382. The van der Waals surface area contributed by atoms with E-state index in [1.165, 1.54) is 0 Å². The molecule has 0 saturated heterocycles. The fourth-order valence-corrected chi connectivity index (χ4v) is 3.10. The summed E-state index contributed by atoms with van der Waals surface area (Å²) in [6.45, 7) is 0.382. The SMILES string of the molecule is COCc1nc(CSc2ccccc2Cl)nc(Cl)c1Br. The standard InChI is InChI=1S/C13H11BrCl2N2OS/c1-19-6-9-12(14)13(16)18-11(17-9)7-20-10-5-3-2-4-8(10)15/h2-5H,6-7H2,1H3. The summed E-state index contributed by atoms with van der Waals surface area (Å²) in [6.07, 6.45) is 0. The highest BCUT2D eigenvalue weighted by Gasteiger charge is 2.11. The normalized spacial score (nSPS) is 10.8. The number of benzene rings is 1. The molecule has 20 heavy (non-hydrogen) atoms. The Morgan fingerprint density at radius 1 is 1.25 bits per heavy atom. The number of methoxy groups -OCH3 is 1. The van der Waals surface area contributed by atoms with Gasteiger partial charge in [0.25, 0.3) is 0 Å². The summed E-state index contributed by atoms with van der Waals surface area (Å²) in [6, 6.07) is 7.66. The number of nitrogens with zero attached hydrogens (tertiary/aromatic N) is 2. The predicted octanol–water partition coefficient (Wildman–Crippen LogP) is 4.98. The molecule has 0 fully saturated rings. The molecule has 0 bridgehead atoms. The molecule has 1 aromatic heterocycles. The second-order valence-corrected chi connectivity index (χ2v) is 6.42. The van der Waals surface area contributed by atoms with Gasteiger partial charge >= 0.3 is 0 Å². The molecule has 0 amide bonds. The maximum absolute atomic E-state index is 6.11. The summed E-state index contributed by atoms with van der Waals surface area (Å²) in [5, 5.41) is 1.11. The van der Waals surface area contributed by atoms with Crippen LogP contribution < -0.4 is 0 Å². The van der Waals surface area contributed by atoms with Crippen molar-refractivity contribution in [3.8, 4) is 0 Å². The van der Waals surface area contributed by atoms with E-state index in [0.29, 0.717) is 27.8 Å². The van der Waals surface area contributed by atoms with Crippen molar-refractivity contribution in [2.75, 3.05) is 7.11 Å². The average Bonchev–Trinajstić information content (AvgIpc) is 2.43. The molecule has 0 atom stereocenters. The van der Waals surface area contributed by atoms with Crippen LogP contribution in [-0.4, -0.2) is 17.1 Å². The van der Waals surface area contributed by atoms with E-state index >= 15 is 0 Å². The van der Waals surface area contributed by atoms with Crippen molar-refractivity contribution in [2.45, 2.75) is 17.3 Å². The van der Waals surface area contributed by atoms with E-state index in [1.54, 1.807) is 18.9 Å². The Hall–Kier alpha value is -0.330. The molecule has 0 unspecified atom stereocenters. The highest BCUT2D eigenvalue weighted by atomic mass is 79.9. The smallest absolute Gasteiger partial charge is 0.147 e. The number of ether oxygens (including phenoxy) is 1. The van der Waals surface area contributed by atoms with Crippen LogP contribution in [0.15, 0.2) is 33.6 Å². The molecule has 0 saturated carbocycles. The average molecular weight is 394 g/mol. The van der Waals surface area contributed by atoms with Crippen molar-refractivity contribution in [1.82, 2.24) is 9.97 Å². The van der Waals surface area contributed by atoms with Crippen molar-refractivity contribution >= 4 is 50.9 Å². The predicted molar refractivity (Wildman–Crippen MR) is 86.5 cm³/mol. The van der Waals surface area contributed by atoms with Crippen LogP contribution in [0.1, 0.15) is 11.5 Å². The molecule has 2 aromatic rings. The van der Waals surface area contributed by atoms with Crippen LogP contribution in [0.4, 0.5) is 0 Å². The molecule has 106 valence electrons. The Bertz CT molecular complexity index is 613. The lowest BCUT2D eigenvalue weighted by Gasteiger charge is -2.08. The number of aromatic nitrogens is 2. The Labute approximate surface area is 140 Å². The highest BCUT2D eigenvalue weighted by Crippen LogP contribution is 2.30. The zero-order chi connectivity index (χ0) is 14.5. The number of halogens is 3. The first kappa shape index (κ1) is 16.0. The van der Waals surface area contributed by atoms with Crippen molar-refractivity contribution < 1.29 is 4.74 Å². The van der Waals surface area contributed by atoms with Gasteiger partial charge in [-0.25, -0.2) is 9.97 Å². The van der Waals surface area contributed by atoms with E-state index in [4.69, 9.17) is 27.9 Å². The van der Waals surface area contributed by atoms with Gasteiger partial charge in [0.2, 0.25) is 0 Å². The molecule has 2 rings (SSSR count). The van der Waals surface area contributed by atoms with Crippen molar-refractivity contribution in [2.24, 2.45) is 0 Å². The van der Waals surface area contributed by atoms with E-state index in [1.807, 2.05) is 24.3 Å². The Morgan fingerprint density at radius 2 is 2.00 bits per heavy atom. The maximum Gasteiger partial charge on any atom is 0.147 e. The number of hydrogen-bond acceptors (Lipinski definition) is 4. The van der Waals surface area contributed by atoms with E-state index in [-0.39, 0.29) is 0 Å². The van der Waals surface area contributed by atoms with Gasteiger partial charge in [0.05, 0.1) is 27.5 Å². The first-order chi connectivity index (χ1) is 9.61. The molecular formula is C13H11BrCl2N2OS. The van der Waals surface area contributed by atoms with Gasteiger partial charge in [0.1, 0.15) is 11.0 Å². The third-order valence-electron chi connectivity index (χ3n) is 2.40.